The molecule has 2 N–H and O–H groups in total. The molecule has 13 heteroatoms. The molecular weight excluding hydrogens is 570 g/mol. The molecule has 2 aromatic carbocycles. The van der Waals surface area contributed by atoms with Crippen molar-refractivity contribution in [2.45, 2.75) is 24.8 Å². The highest BCUT2D eigenvalue weighted by atomic mass is 35.5. The van der Waals surface area contributed by atoms with E-state index >= 15 is 4.39 Å². The quantitative estimate of drug-likeness (QED) is 0.290. The number of benzene rings is 2. The maximum absolute atomic E-state index is 15.2. The van der Waals surface area contributed by atoms with Gasteiger partial charge in [0, 0.05) is 34.3 Å². The Hall–Kier alpha value is -4.61. The molecular formula is C28H17Cl2FN8O2. The minimum absolute atomic E-state index is 0.0380. The third-order valence-corrected chi connectivity index (χ3v) is 8.02. The topological polar surface area (TPSA) is 123 Å². The zero-order valence-electron chi connectivity index (χ0n) is 20.9. The lowest BCUT2D eigenvalue weighted by Crippen LogP contribution is -2.26. The summed E-state index contributed by atoms with van der Waals surface area (Å²) < 4.78 is 18.3. The number of aromatic nitrogens is 7. The third-order valence-electron chi connectivity index (χ3n) is 7.61. The van der Waals surface area contributed by atoms with Gasteiger partial charge in [0.05, 0.1) is 23.5 Å². The van der Waals surface area contributed by atoms with E-state index in [2.05, 4.69) is 25.6 Å². The van der Waals surface area contributed by atoms with Crippen LogP contribution in [0.2, 0.25) is 10.2 Å². The van der Waals surface area contributed by atoms with Gasteiger partial charge < -0.3 is 10.3 Å². The molecule has 0 saturated heterocycles. The van der Waals surface area contributed by atoms with Crippen LogP contribution in [0.3, 0.4) is 0 Å². The van der Waals surface area contributed by atoms with Crippen molar-refractivity contribution in [3.63, 3.8) is 0 Å². The fourth-order valence-corrected chi connectivity index (χ4v) is 5.99. The number of rotatable bonds is 4. The van der Waals surface area contributed by atoms with Gasteiger partial charge in [-0.2, -0.15) is 4.39 Å². The van der Waals surface area contributed by atoms with Crippen molar-refractivity contribution in [2.24, 2.45) is 0 Å². The number of nitrogens with zero attached hydrogens (tertiary/aromatic N) is 6. The lowest BCUT2D eigenvalue weighted by atomic mass is 9.99. The molecule has 5 aromatic rings. The van der Waals surface area contributed by atoms with Crippen molar-refractivity contribution in [3.05, 3.63) is 104 Å². The van der Waals surface area contributed by atoms with Crippen LogP contribution in [0.1, 0.15) is 35.6 Å². The van der Waals surface area contributed by atoms with Crippen molar-refractivity contribution in [3.8, 4) is 28.2 Å². The van der Waals surface area contributed by atoms with E-state index < -0.39 is 12.0 Å². The number of anilines is 1. The Morgan fingerprint density at radius 2 is 1.90 bits per heavy atom. The highest BCUT2D eigenvalue weighted by Gasteiger charge is 2.47. The van der Waals surface area contributed by atoms with E-state index in [1.165, 1.54) is 10.7 Å². The molecule has 8 rings (SSSR count). The molecule has 0 saturated carbocycles. The Morgan fingerprint density at radius 1 is 1.02 bits per heavy atom. The summed E-state index contributed by atoms with van der Waals surface area (Å²) >= 11 is 12.3. The molecule has 0 fully saturated rings. The second kappa shape index (κ2) is 8.69. The van der Waals surface area contributed by atoms with E-state index in [0.29, 0.717) is 52.0 Å². The van der Waals surface area contributed by atoms with Gasteiger partial charge in [0.15, 0.2) is 5.15 Å². The number of allylic oxidation sites excluding steroid dienone is 2. The molecule has 41 heavy (non-hydrogen) atoms. The van der Waals surface area contributed by atoms with Crippen molar-refractivity contribution < 1.29 is 9.18 Å². The summed E-state index contributed by atoms with van der Waals surface area (Å²) in [4.78, 5) is 37.4. The SMILES string of the molecule is O=C1CCc2cc(-c3[nH]c(C4C5=CC5c5nc(-c6cc(Cl)ccc6-n6cc(Cl)nn6)cc(=O)n54)nc3F)ccc2N1. The first-order valence-electron chi connectivity index (χ1n) is 12.8. The van der Waals surface area contributed by atoms with Gasteiger partial charge in [0.1, 0.15) is 23.4 Å². The summed E-state index contributed by atoms with van der Waals surface area (Å²) in [6.45, 7) is 0. The zero-order chi connectivity index (χ0) is 28.0. The van der Waals surface area contributed by atoms with Gasteiger partial charge in [-0.25, -0.2) is 14.6 Å². The molecule has 2 unspecified atom stereocenters. The summed E-state index contributed by atoms with van der Waals surface area (Å²) in [6.07, 6.45) is 4.49. The maximum atomic E-state index is 15.2. The molecule has 5 heterocycles. The summed E-state index contributed by atoms with van der Waals surface area (Å²) in [5, 5.41) is 11.4. The minimum Gasteiger partial charge on any atom is -0.337 e. The highest BCUT2D eigenvalue weighted by Crippen LogP contribution is 2.53. The van der Waals surface area contributed by atoms with Crippen LogP contribution in [0.5, 0.6) is 0 Å². The Kier molecular flexibility index (Phi) is 5.13. The van der Waals surface area contributed by atoms with Crippen LogP contribution in [-0.2, 0) is 11.2 Å². The average Bonchev–Trinajstić information content (AvgIpc) is 3.27. The predicted molar refractivity (Wildman–Crippen MR) is 149 cm³/mol. The Bertz CT molecular complexity index is 2040. The molecule has 1 aliphatic carbocycles. The number of aromatic amines is 1. The summed E-state index contributed by atoms with van der Waals surface area (Å²) in [5.41, 5.74) is 4.70. The van der Waals surface area contributed by atoms with Gasteiger partial charge in [0.2, 0.25) is 11.9 Å². The van der Waals surface area contributed by atoms with E-state index in [1.807, 2.05) is 12.1 Å². The molecule has 2 atom stereocenters. The minimum atomic E-state index is -0.668. The molecule has 0 radical (unpaired) electrons. The van der Waals surface area contributed by atoms with Crippen LogP contribution in [0.4, 0.5) is 10.1 Å². The Morgan fingerprint density at radius 3 is 2.73 bits per heavy atom. The molecule has 0 spiro atoms. The van der Waals surface area contributed by atoms with E-state index in [0.717, 1.165) is 16.8 Å². The lowest BCUT2D eigenvalue weighted by Gasteiger charge is -2.17. The fraction of sp³-hybridized carbons (Fsp3) is 0.143. The number of halogens is 3. The van der Waals surface area contributed by atoms with Gasteiger partial charge in [-0.15, -0.1) is 5.10 Å². The number of aryl methyl sites for hydroxylation is 1. The molecule has 0 bridgehead atoms. The van der Waals surface area contributed by atoms with E-state index in [9.17, 15) is 9.59 Å². The number of hydrogen-bond donors (Lipinski definition) is 2. The van der Waals surface area contributed by atoms with E-state index in [-0.39, 0.29) is 28.2 Å². The Balaban J connectivity index is 1.19. The number of imidazole rings is 1. The van der Waals surface area contributed by atoms with Gasteiger partial charge in [-0.05, 0) is 47.9 Å². The van der Waals surface area contributed by atoms with Crippen LogP contribution < -0.4 is 10.9 Å². The normalized spacial score (nSPS) is 18.4. The number of amides is 1. The van der Waals surface area contributed by atoms with Gasteiger partial charge in [-0.3, -0.25) is 14.2 Å². The fourth-order valence-electron chi connectivity index (χ4n) is 5.69. The second-order valence-corrected chi connectivity index (χ2v) is 10.9. The average molecular weight is 587 g/mol. The lowest BCUT2D eigenvalue weighted by molar-refractivity contribution is -0.116. The largest absolute Gasteiger partial charge is 0.337 e. The zero-order valence-corrected chi connectivity index (χ0v) is 22.4. The van der Waals surface area contributed by atoms with Crippen LogP contribution in [0.15, 0.2) is 65.1 Å². The molecule has 3 aliphatic rings. The first kappa shape index (κ1) is 24.2. The highest BCUT2D eigenvalue weighted by molar-refractivity contribution is 6.31. The smallest absolute Gasteiger partial charge is 0.255 e. The van der Waals surface area contributed by atoms with Crippen LogP contribution in [0.25, 0.3) is 28.2 Å². The molecule has 3 aromatic heterocycles. The van der Waals surface area contributed by atoms with Gasteiger partial charge in [-0.1, -0.05) is 40.6 Å². The first-order valence-corrected chi connectivity index (χ1v) is 13.5. The number of fused-ring (bicyclic) bond motifs is 4. The summed E-state index contributed by atoms with van der Waals surface area (Å²) in [5.74, 6) is -0.00545. The Labute approximate surface area is 240 Å². The van der Waals surface area contributed by atoms with Crippen molar-refractivity contribution in [2.75, 3.05) is 5.32 Å². The van der Waals surface area contributed by atoms with Crippen molar-refractivity contribution in [1.82, 2.24) is 34.5 Å². The number of H-pyrrole nitrogens is 1. The summed E-state index contributed by atoms with van der Waals surface area (Å²) in [7, 11) is 0. The van der Waals surface area contributed by atoms with E-state index in [1.54, 1.807) is 41.1 Å². The van der Waals surface area contributed by atoms with Gasteiger partial charge >= 0.3 is 0 Å². The number of nitrogens with one attached hydrogen (secondary N) is 2. The second-order valence-electron chi connectivity index (χ2n) is 10.1. The number of carbonyl (C=O) groups is 1. The molecule has 2 aliphatic heterocycles. The van der Waals surface area contributed by atoms with Gasteiger partial charge in [0.25, 0.3) is 5.56 Å². The monoisotopic (exact) mass is 586 g/mol. The van der Waals surface area contributed by atoms with Crippen molar-refractivity contribution >= 4 is 34.8 Å². The maximum Gasteiger partial charge on any atom is 0.255 e. The summed E-state index contributed by atoms with van der Waals surface area (Å²) in [6, 6.07) is 11.3. The van der Waals surface area contributed by atoms with Crippen LogP contribution in [-0.4, -0.2) is 40.4 Å². The molecule has 10 nitrogen and oxygen atoms in total. The van der Waals surface area contributed by atoms with Crippen LogP contribution in [0, 0.1) is 5.95 Å². The standard InChI is InChI=1S/C28H17Cl2FN8O2/c29-14-3-5-20(38-11-21(30)36-37-38)17(8-14)19-10-23(41)39-25(15-9-16(15)28(39)33-19)27-34-24(26(31)35-27)13-1-4-18-12(7-13)2-6-22(40)32-18/h1,3-5,7-11,16,25H,2,6H2,(H,32,40)(H,34,35). The first-order chi connectivity index (χ1) is 19.8. The molecule has 202 valence electrons. The molecule has 1 amide bonds. The number of hydrogen-bond acceptors (Lipinski definition) is 6. The van der Waals surface area contributed by atoms with Crippen LogP contribution >= 0.6 is 23.2 Å². The number of carbonyl (C=O) groups excluding carboxylic acids is 1. The third kappa shape index (κ3) is 3.84. The van der Waals surface area contributed by atoms with E-state index in [4.69, 9.17) is 28.2 Å². The predicted octanol–water partition coefficient (Wildman–Crippen LogP) is 4.84. The van der Waals surface area contributed by atoms with Crippen molar-refractivity contribution in [1.29, 1.82) is 0 Å².